The largest absolute Gasteiger partial charge is 0.377 e. The van der Waals surface area contributed by atoms with Crippen LogP contribution in [-0.2, 0) is 17.9 Å². The Hall–Kier alpha value is -3.42. The van der Waals surface area contributed by atoms with Crippen molar-refractivity contribution in [3.8, 4) is 0 Å². The highest BCUT2D eigenvalue weighted by atomic mass is 35.5. The van der Waals surface area contributed by atoms with Crippen molar-refractivity contribution in [1.29, 1.82) is 0 Å². The van der Waals surface area contributed by atoms with Crippen LogP contribution in [0.4, 0.5) is 27.9 Å². The number of hydrogen-bond acceptors (Lipinski definition) is 5. The Morgan fingerprint density at radius 3 is 2.85 bits per heavy atom. The van der Waals surface area contributed by atoms with Gasteiger partial charge >= 0.3 is 6.03 Å². The first kappa shape index (κ1) is 22.8. The summed E-state index contributed by atoms with van der Waals surface area (Å²) < 4.78 is 5.49. The van der Waals surface area contributed by atoms with Crippen LogP contribution in [0.15, 0.2) is 61.3 Å². The highest BCUT2D eigenvalue weighted by Gasteiger charge is 2.34. The van der Waals surface area contributed by atoms with Crippen LogP contribution < -0.4 is 15.1 Å². The van der Waals surface area contributed by atoms with Crippen LogP contribution >= 0.6 is 11.6 Å². The van der Waals surface area contributed by atoms with Crippen LogP contribution in [0.5, 0.6) is 0 Å². The molecule has 0 aliphatic carbocycles. The van der Waals surface area contributed by atoms with Gasteiger partial charge in [0.15, 0.2) is 0 Å². The summed E-state index contributed by atoms with van der Waals surface area (Å²) in [6.45, 7) is 9.55. The van der Waals surface area contributed by atoms with Gasteiger partial charge in [-0.25, -0.2) is 9.78 Å². The molecule has 170 valence electrons. The Morgan fingerprint density at radius 1 is 1.27 bits per heavy atom. The second-order valence-electron chi connectivity index (χ2n) is 7.68. The molecule has 8 heteroatoms. The first-order valence-corrected chi connectivity index (χ1v) is 11.1. The SMILES string of the molecule is C=CCN1C(=O)N(c2c(C)cccc2Cl)Cc2cnc(Nc3cccc(COCC)c3)nc21. The number of anilines is 4. The molecule has 1 N–H and O–H groups in total. The van der Waals surface area contributed by atoms with Crippen LogP contribution in [0, 0.1) is 6.92 Å². The second kappa shape index (κ2) is 10.0. The smallest absolute Gasteiger partial charge is 0.330 e. The molecule has 2 heterocycles. The van der Waals surface area contributed by atoms with Crippen LogP contribution in [-0.4, -0.2) is 29.2 Å². The standard InChI is InChI=1S/C25H26ClN5O2/c1-4-12-30-23-19(15-31(25(30)32)22-17(3)8-6-11-21(22)26)14-27-24(29-23)28-20-10-7-9-18(13-20)16-33-5-2/h4,6-11,13-14H,1,5,12,15-16H2,2-3H3,(H,27,28,29). The Kier molecular flexibility index (Phi) is 6.91. The van der Waals surface area contributed by atoms with E-state index in [1.165, 1.54) is 0 Å². The fraction of sp³-hybridized carbons (Fsp3) is 0.240. The molecule has 4 rings (SSSR count). The molecule has 0 saturated heterocycles. The fourth-order valence-electron chi connectivity index (χ4n) is 3.80. The summed E-state index contributed by atoms with van der Waals surface area (Å²) in [7, 11) is 0. The van der Waals surface area contributed by atoms with E-state index in [0.717, 1.165) is 22.4 Å². The van der Waals surface area contributed by atoms with Crippen molar-refractivity contribution in [2.45, 2.75) is 27.0 Å². The zero-order chi connectivity index (χ0) is 23.4. The number of halogens is 1. The maximum Gasteiger partial charge on any atom is 0.330 e. The van der Waals surface area contributed by atoms with Gasteiger partial charge in [-0.05, 0) is 43.2 Å². The number of para-hydroxylation sites is 1. The second-order valence-corrected chi connectivity index (χ2v) is 8.09. The highest BCUT2D eigenvalue weighted by Crippen LogP contribution is 2.36. The molecule has 0 bridgehead atoms. The lowest BCUT2D eigenvalue weighted by molar-refractivity contribution is 0.134. The molecule has 1 aliphatic heterocycles. The van der Waals surface area contributed by atoms with Crippen LogP contribution in [0.2, 0.25) is 5.02 Å². The minimum Gasteiger partial charge on any atom is -0.377 e. The van der Waals surface area contributed by atoms with E-state index in [4.69, 9.17) is 16.3 Å². The summed E-state index contributed by atoms with van der Waals surface area (Å²) in [5.41, 5.74) is 4.33. The Labute approximate surface area is 198 Å². The maximum absolute atomic E-state index is 13.4. The van der Waals surface area contributed by atoms with Gasteiger partial charge in [0.1, 0.15) is 5.82 Å². The van der Waals surface area contributed by atoms with Gasteiger partial charge in [-0.3, -0.25) is 9.80 Å². The van der Waals surface area contributed by atoms with E-state index in [1.54, 1.807) is 28.1 Å². The van der Waals surface area contributed by atoms with E-state index < -0.39 is 0 Å². The summed E-state index contributed by atoms with van der Waals surface area (Å²) in [6.07, 6.45) is 3.42. The number of carbonyl (C=O) groups excluding carboxylic acids is 1. The van der Waals surface area contributed by atoms with Crippen molar-refractivity contribution in [2.75, 3.05) is 28.3 Å². The molecular formula is C25H26ClN5O2. The molecule has 0 fully saturated rings. The molecule has 2 amide bonds. The third-order valence-electron chi connectivity index (χ3n) is 5.31. The Bertz CT molecular complexity index is 1160. The molecule has 1 aliphatic rings. The number of nitrogens with one attached hydrogen (secondary N) is 1. The summed E-state index contributed by atoms with van der Waals surface area (Å²) in [4.78, 5) is 25.9. The number of fused-ring (bicyclic) bond motifs is 1. The third kappa shape index (κ3) is 4.84. The molecular weight excluding hydrogens is 438 g/mol. The van der Waals surface area contributed by atoms with Gasteiger partial charge in [-0.15, -0.1) is 6.58 Å². The van der Waals surface area contributed by atoms with Gasteiger partial charge in [0.05, 0.1) is 23.9 Å². The van der Waals surface area contributed by atoms with Gasteiger partial charge in [0.2, 0.25) is 5.95 Å². The number of aryl methyl sites for hydroxylation is 1. The number of nitrogens with zero attached hydrogens (tertiary/aromatic N) is 4. The number of benzene rings is 2. The molecule has 7 nitrogen and oxygen atoms in total. The molecule has 0 radical (unpaired) electrons. The van der Waals surface area contributed by atoms with E-state index in [0.29, 0.717) is 48.8 Å². The van der Waals surface area contributed by atoms with Crippen molar-refractivity contribution < 1.29 is 9.53 Å². The van der Waals surface area contributed by atoms with Gasteiger partial charge in [-0.1, -0.05) is 41.9 Å². The monoisotopic (exact) mass is 463 g/mol. The first-order chi connectivity index (χ1) is 16.0. The summed E-state index contributed by atoms with van der Waals surface area (Å²) in [5.74, 6) is 0.968. The van der Waals surface area contributed by atoms with Gasteiger partial charge in [-0.2, -0.15) is 4.98 Å². The summed E-state index contributed by atoms with van der Waals surface area (Å²) >= 11 is 6.46. The Balaban J connectivity index is 1.65. The number of urea groups is 1. The van der Waals surface area contributed by atoms with Crippen molar-refractivity contribution in [2.24, 2.45) is 0 Å². The van der Waals surface area contributed by atoms with Gasteiger partial charge in [0, 0.05) is 30.6 Å². The van der Waals surface area contributed by atoms with Crippen LogP contribution in [0.1, 0.15) is 23.6 Å². The number of hydrogen-bond donors (Lipinski definition) is 1. The topological polar surface area (TPSA) is 70.6 Å². The lowest BCUT2D eigenvalue weighted by Gasteiger charge is -2.36. The average molecular weight is 464 g/mol. The minimum absolute atomic E-state index is 0.207. The maximum atomic E-state index is 13.4. The van der Waals surface area contributed by atoms with Crippen molar-refractivity contribution in [3.63, 3.8) is 0 Å². The number of carbonyl (C=O) groups is 1. The quantitative estimate of drug-likeness (QED) is 0.424. The number of rotatable bonds is 8. The molecule has 0 unspecified atom stereocenters. The lowest BCUT2D eigenvalue weighted by atomic mass is 10.1. The average Bonchev–Trinajstić information content (AvgIpc) is 2.80. The van der Waals surface area contributed by atoms with E-state index in [-0.39, 0.29) is 6.03 Å². The van der Waals surface area contributed by atoms with Crippen LogP contribution in [0.3, 0.4) is 0 Å². The van der Waals surface area contributed by atoms with E-state index in [1.807, 2.05) is 50.2 Å². The predicted octanol–water partition coefficient (Wildman–Crippen LogP) is 5.85. The molecule has 3 aromatic rings. The first-order valence-electron chi connectivity index (χ1n) is 10.8. The molecule has 2 aromatic carbocycles. The fourth-order valence-corrected chi connectivity index (χ4v) is 4.12. The highest BCUT2D eigenvalue weighted by molar-refractivity contribution is 6.34. The molecule has 0 saturated carbocycles. The molecule has 0 atom stereocenters. The van der Waals surface area contributed by atoms with Gasteiger partial charge in [0.25, 0.3) is 0 Å². The van der Waals surface area contributed by atoms with E-state index in [9.17, 15) is 4.79 Å². The zero-order valence-corrected chi connectivity index (χ0v) is 19.5. The zero-order valence-electron chi connectivity index (χ0n) is 18.7. The van der Waals surface area contributed by atoms with E-state index >= 15 is 0 Å². The van der Waals surface area contributed by atoms with Crippen molar-refractivity contribution >= 4 is 40.8 Å². The Morgan fingerprint density at radius 2 is 2.09 bits per heavy atom. The number of ether oxygens (including phenoxy) is 1. The minimum atomic E-state index is -0.207. The molecule has 0 spiro atoms. The third-order valence-corrected chi connectivity index (χ3v) is 5.62. The normalized spacial score (nSPS) is 13.1. The van der Waals surface area contributed by atoms with E-state index in [2.05, 4.69) is 21.9 Å². The molecule has 33 heavy (non-hydrogen) atoms. The van der Waals surface area contributed by atoms with Crippen molar-refractivity contribution in [3.05, 3.63) is 83.0 Å². The summed E-state index contributed by atoms with van der Waals surface area (Å²) in [6, 6.07) is 13.3. The van der Waals surface area contributed by atoms with Crippen LogP contribution in [0.25, 0.3) is 0 Å². The van der Waals surface area contributed by atoms with Crippen molar-refractivity contribution in [1.82, 2.24) is 9.97 Å². The predicted molar refractivity (Wildman–Crippen MR) is 132 cm³/mol. The number of aromatic nitrogens is 2. The number of amides is 2. The summed E-state index contributed by atoms with van der Waals surface area (Å²) in [5, 5.41) is 3.76. The molecule has 1 aromatic heterocycles. The van der Waals surface area contributed by atoms with Gasteiger partial charge < -0.3 is 10.1 Å². The lowest BCUT2D eigenvalue weighted by Crippen LogP contribution is -2.48.